The molecule has 1 fully saturated rings. The molecule has 1 aliphatic heterocycles. The average Bonchev–Trinajstić information content (AvgIpc) is 3.17. The fourth-order valence-electron chi connectivity index (χ4n) is 2.69. The minimum Gasteiger partial charge on any atom is -0.492 e. The molecule has 4 nitrogen and oxygen atoms in total. The van der Waals surface area contributed by atoms with Gasteiger partial charge in [0, 0.05) is 13.0 Å². The summed E-state index contributed by atoms with van der Waals surface area (Å²) in [5.41, 5.74) is 2.50. The van der Waals surface area contributed by atoms with Gasteiger partial charge in [0.1, 0.15) is 11.3 Å². The standard InChI is InChI=1S/C14H16O4/c1-16-6-8-3-4-10-11-5-9(11)7-18-13(10)12(8)14(15)17-2/h3-4,9,11H,5-7H2,1-2H3. The number of fused-ring (bicyclic) bond motifs is 3. The molecule has 2 unspecified atom stereocenters. The second kappa shape index (κ2) is 4.28. The number of esters is 1. The van der Waals surface area contributed by atoms with Crippen LogP contribution in [0.4, 0.5) is 0 Å². The van der Waals surface area contributed by atoms with E-state index in [0.29, 0.717) is 36.4 Å². The first-order valence-corrected chi connectivity index (χ1v) is 6.12. The van der Waals surface area contributed by atoms with E-state index in [1.807, 2.05) is 6.07 Å². The lowest BCUT2D eigenvalue weighted by Gasteiger charge is -2.21. The van der Waals surface area contributed by atoms with Crippen LogP contribution in [0.3, 0.4) is 0 Å². The summed E-state index contributed by atoms with van der Waals surface area (Å²) in [6, 6.07) is 4.00. The number of ether oxygens (including phenoxy) is 3. The summed E-state index contributed by atoms with van der Waals surface area (Å²) in [5, 5.41) is 0. The molecule has 18 heavy (non-hydrogen) atoms. The number of hydrogen-bond acceptors (Lipinski definition) is 4. The van der Waals surface area contributed by atoms with Gasteiger partial charge < -0.3 is 14.2 Å². The topological polar surface area (TPSA) is 44.8 Å². The molecule has 0 aromatic heterocycles. The Bertz CT molecular complexity index is 495. The largest absolute Gasteiger partial charge is 0.492 e. The predicted molar refractivity (Wildman–Crippen MR) is 64.8 cm³/mol. The van der Waals surface area contributed by atoms with Gasteiger partial charge in [0.05, 0.1) is 20.3 Å². The van der Waals surface area contributed by atoms with Crippen LogP contribution in [0.25, 0.3) is 0 Å². The average molecular weight is 248 g/mol. The van der Waals surface area contributed by atoms with E-state index in [0.717, 1.165) is 17.5 Å². The molecule has 1 saturated carbocycles. The van der Waals surface area contributed by atoms with Gasteiger partial charge in [-0.25, -0.2) is 4.79 Å². The van der Waals surface area contributed by atoms with Crippen LogP contribution < -0.4 is 4.74 Å². The van der Waals surface area contributed by atoms with Gasteiger partial charge in [-0.3, -0.25) is 0 Å². The van der Waals surface area contributed by atoms with Crippen molar-refractivity contribution in [2.24, 2.45) is 5.92 Å². The first-order valence-electron chi connectivity index (χ1n) is 6.12. The minimum absolute atomic E-state index is 0.349. The lowest BCUT2D eigenvalue weighted by atomic mass is 9.97. The van der Waals surface area contributed by atoms with E-state index in [4.69, 9.17) is 14.2 Å². The molecule has 4 heteroatoms. The third-order valence-electron chi connectivity index (χ3n) is 3.73. The van der Waals surface area contributed by atoms with Gasteiger partial charge in [-0.2, -0.15) is 0 Å². The van der Waals surface area contributed by atoms with Gasteiger partial charge in [0.2, 0.25) is 0 Å². The van der Waals surface area contributed by atoms with Crippen LogP contribution in [0, 0.1) is 5.92 Å². The zero-order chi connectivity index (χ0) is 12.7. The Kier molecular flexibility index (Phi) is 2.74. The van der Waals surface area contributed by atoms with Gasteiger partial charge in [0.15, 0.2) is 0 Å². The number of carbonyl (C=O) groups is 1. The summed E-state index contributed by atoms with van der Waals surface area (Å²) in [4.78, 5) is 11.9. The second-order valence-corrected chi connectivity index (χ2v) is 4.86. The molecule has 96 valence electrons. The van der Waals surface area contributed by atoms with Crippen molar-refractivity contribution < 1.29 is 19.0 Å². The Morgan fingerprint density at radius 2 is 2.28 bits per heavy atom. The number of rotatable bonds is 3. The first-order chi connectivity index (χ1) is 8.76. The molecule has 0 saturated heterocycles. The smallest absolute Gasteiger partial charge is 0.342 e. The van der Waals surface area contributed by atoms with E-state index < -0.39 is 0 Å². The van der Waals surface area contributed by atoms with Crippen molar-refractivity contribution in [1.29, 1.82) is 0 Å². The predicted octanol–water partition coefficient (Wildman–Crippen LogP) is 2.12. The lowest BCUT2D eigenvalue weighted by molar-refractivity contribution is 0.0589. The summed E-state index contributed by atoms with van der Waals surface area (Å²) in [7, 11) is 3.00. The summed E-state index contributed by atoms with van der Waals surface area (Å²) in [5.74, 6) is 1.55. The maximum absolute atomic E-state index is 11.9. The van der Waals surface area contributed by atoms with Crippen molar-refractivity contribution in [1.82, 2.24) is 0 Å². The molecule has 0 radical (unpaired) electrons. The number of benzene rings is 1. The van der Waals surface area contributed by atoms with Crippen molar-refractivity contribution in [2.75, 3.05) is 20.8 Å². The Hall–Kier alpha value is -1.55. The van der Waals surface area contributed by atoms with Crippen molar-refractivity contribution in [3.63, 3.8) is 0 Å². The Morgan fingerprint density at radius 3 is 3.00 bits per heavy atom. The van der Waals surface area contributed by atoms with Gasteiger partial charge >= 0.3 is 5.97 Å². The molecule has 2 atom stereocenters. The maximum Gasteiger partial charge on any atom is 0.342 e. The molecule has 2 aliphatic rings. The Balaban J connectivity index is 2.10. The summed E-state index contributed by atoms with van der Waals surface area (Å²) in [6.07, 6.45) is 1.16. The van der Waals surface area contributed by atoms with Crippen molar-refractivity contribution in [2.45, 2.75) is 18.9 Å². The van der Waals surface area contributed by atoms with E-state index in [1.165, 1.54) is 7.11 Å². The normalized spacial score (nSPS) is 23.7. The Labute approximate surface area is 106 Å². The number of hydrogen-bond donors (Lipinski definition) is 0. The minimum atomic E-state index is -0.349. The fourth-order valence-corrected chi connectivity index (χ4v) is 2.69. The van der Waals surface area contributed by atoms with Crippen LogP contribution in [-0.2, 0) is 16.1 Å². The van der Waals surface area contributed by atoms with Crippen LogP contribution in [0.2, 0.25) is 0 Å². The molecule has 1 aliphatic carbocycles. The van der Waals surface area contributed by atoms with Gasteiger partial charge in [-0.1, -0.05) is 12.1 Å². The van der Waals surface area contributed by atoms with E-state index in [2.05, 4.69) is 6.07 Å². The molecule has 0 spiro atoms. The van der Waals surface area contributed by atoms with Crippen LogP contribution in [-0.4, -0.2) is 26.8 Å². The summed E-state index contributed by atoms with van der Waals surface area (Å²) >= 11 is 0. The fraction of sp³-hybridized carbons (Fsp3) is 0.500. The highest BCUT2D eigenvalue weighted by Gasteiger charge is 2.45. The number of methoxy groups -OCH3 is 2. The molecular formula is C14H16O4. The van der Waals surface area contributed by atoms with Crippen LogP contribution in [0.5, 0.6) is 5.75 Å². The molecule has 0 bridgehead atoms. The molecule has 1 aromatic carbocycles. The molecule has 0 amide bonds. The quantitative estimate of drug-likeness (QED) is 0.768. The second-order valence-electron chi connectivity index (χ2n) is 4.86. The van der Waals surface area contributed by atoms with Gasteiger partial charge in [-0.05, 0) is 23.5 Å². The van der Waals surface area contributed by atoms with Crippen LogP contribution in [0.1, 0.15) is 33.8 Å². The zero-order valence-corrected chi connectivity index (χ0v) is 10.6. The van der Waals surface area contributed by atoms with Crippen molar-refractivity contribution >= 4 is 5.97 Å². The summed E-state index contributed by atoms with van der Waals surface area (Å²) < 4.78 is 15.8. The molecule has 1 aromatic rings. The van der Waals surface area contributed by atoms with Crippen LogP contribution in [0.15, 0.2) is 12.1 Å². The third-order valence-corrected chi connectivity index (χ3v) is 3.73. The lowest BCUT2D eigenvalue weighted by Crippen LogP contribution is -2.16. The maximum atomic E-state index is 11.9. The third kappa shape index (κ3) is 1.68. The van der Waals surface area contributed by atoms with Gasteiger partial charge in [0.25, 0.3) is 0 Å². The highest BCUT2D eigenvalue weighted by molar-refractivity contribution is 5.95. The SMILES string of the molecule is COCc1ccc2c(c1C(=O)OC)OCC1CC21. The van der Waals surface area contributed by atoms with Crippen molar-refractivity contribution in [3.8, 4) is 5.75 Å². The molecule has 0 N–H and O–H groups in total. The summed E-state index contributed by atoms with van der Waals surface area (Å²) in [6.45, 7) is 1.09. The molecule has 3 rings (SSSR count). The highest BCUT2D eigenvalue weighted by atomic mass is 16.5. The van der Waals surface area contributed by atoms with E-state index >= 15 is 0 Å². The first kappa shape index (κ1) is 11.5. The van der Waals surface area contributed by atoms with Gasteiger partial charge in [-0.15, -0.1) is 0 Å². The monoisotopic (exact) mass is 248 g/mol. The number of carbonyl (C=O) groups excluding carboxylic acids is 1. The van der Waals surface area contributed by atoms with E-state index in [-0.39, 0.29) is 5.97 Å². The molecule has 1 heterocycles. The van der Waals surface area contributed by atoms with E-state index in [1.54, 1.807) is 7.11 Å². The Morgan fingerprint density at radius 1 is 1.44 bits per heavy atom. The van der Waals surface area contributed by atoms with E-state index in [9.17, 15) is 4.79 Å². The molecular weight excluding hydrogens is 232 g/mol. The van der Waals surface area contributed by atoms with Crippen LogP contribution >= 0.6 is 0 Å². The zero-order valence-electron chi connectivity index (χ0n) is 10.6. The highest BCUT2D eigenvalue weighted by Crippen LogP contribution is 2.54. The van der Waals surface area contributed by atoms with Crippen molar-refractivity contribution in [3.05, 3.63) is 28.8 Å².